The van der Waals surface area contributed by atoms with E-state index in [0.717, 1.165) is 11.4 Å². The van der Waals surface area contributed by atoms with Crippen molar-refractivity contribution < 1.29 is 4.74 Å². The van der Waals surface area contributed by atoms with Gasteiger partial charge in [-0.2, -0.15) is 0 Å². The van der Waals surface area contributed by atoms with Crippen molar-refractivity contribution in [1.82, 2.24) is 0 Å². The number of hydrazine groups is 1. The first kappa shape index (κ1) is 8.38. The second-order valence-corrected chi connectivity index (χ2v) is 3.34. The highest BCUT2D eigenvalue weighted by atomic mass is 16.5. The summed E-state index contributed by atoms with van der Waals surface area (Å²) in [5, 5.41) is 0. The van der Waals surface area contributed by atoms with E-state index in [9.17, 15) is 0 Å². The minimum Gasteiger partial charge on any atom is -0.490 e. The van der Waals surface area contributed by atoms with Crippen molar-refractivity contribution in [1.29, 1.82) is 0 Å². The highest BCUT2D eigenvalue weighted by Gasteiger charge is 2.18. The molecule has 0 aliphatic heterocycles. The van der Waals surface area contributed by atoms with Crippen LogP contribution in [0.2, 0.25) is 0 Å². The second-order valence-electron chi connectivity index (χ2n) is 3.34. The molecule has 1 aliphatic rings. The fourth-order valence-electron chi connectivity index (χ4n) is 1.31. The van der Waals surface area contributed by atoms with Crippen molar-refractivity contribution in [2.45, 2.75) is 25.4 Å². The Balaban J connectivity index is 1.96. The predicted octanol–water partition coefficient (Wildman–Crippen LogP) is 1.90. The highest BCUT2D eigenvalue weighted by Crippen LogP contribution is 2.25. The zero-order valence-electron chi connectivity index (χ0n) is 7.49. The fourth-order valence-corrected chi connectivity index (χ4v) is 1.31. The smallest absolute Gasteiger partial charge is 0.119 e. The number of anilines is 1. The topological polar surface area (TPSA) is 47.3 Å². The maximum Gasteiger partial charge on any atom is 0.119 e. The zero-order valence-corrected chi connectivity index (χ0v) is 7.49. The molecule has 0 aromatic heterocycles. The van der Waals surface area contributed by atoms with E-state index in [4.69, 9.17) is 10.6 Å². The van der Waals surface area contributed by atoms with Gasteiger partial charge >= 0.3 is 0 Å². The van der Waals surface area contributed by atoms with Gasteiger partial charge in [-0.05, 0) is 43.5 Å². The number of hydrogen-bond donors (Lipinski definition) is 2. The zero-order chi connectivity index (χ0) is 9.10. The Morgan fingerprint density at radius 2 is 1.92 bits per heavy atom. The number of nitrogen functional groups attached to an aromatic ring is 1. The van der Waals surface area contributed by atoms with Gasteiger partial charge in [0, 0.05) is 5.69 Å². The van der Waals surface area contributed by atoms with E-state index in [1.807, 2.05) is 24.3 Å². The number of ether oxygens (including phenoxy) is 1. The third kappa shape index (κ3) is 1.92. The molecule has 1 fully saturated rings. The summed E-state index contributed by atoms with van der Waals surface area (Å²) in [5.74, 6) is 6.18. The summed E-state index contributed by atoms with van der Waals surface area (Å²) in [6.45, 7) is 0. The minimum absolute atomic E-state index is 0.441. The van der Waals surface area contributed by atoms with Crippen molar-refractivity contribution in [3.8, 4) is 5.75 Å². The number of hydrogen-bond acceptors (Lipinski definition) is 3. The van der Waals surface area contributed by atoms with E-state index in [1.165, 1.54) is 19.3 Å². The van der Waals surface area contributed by atoms with Gasteiger partial charge in [0.05, 0.1) is 6.10 Å². The van der Waals surface area contributed by atoms with Crippen LogP contribution < -0.4 is 16.0 Å². The number of nitrogens with two attached hydrogens (primary N) is 1. The van der Waals surface area contributed by atoms with Gasteiger partial charge in [-0.1, -0.05) is 0 Å². The molecule has 13 heavy (non-hydrogen) atoms. The van der Waals surface area contributed by atoms with E-state index in [0.29, 0.717) is 6.10 Å². The van der Waals surface area contributed by atoms with Crippen molar-refractivity contribution in [3.63, 3.8) is 0 Å². The molecule has 0 amide bonds. The van der Waals surface area contributed by atoms with Crippen LogP contribution in [-0.4, -0.2) is 6.10 Å². The van der Waals surface area contributed by atoms with Crippen LogP contribution in [0.5, 0.6) is 5.75 Å². The highest BCUT2D eigenvalue weighted by molar-refractivity contribution is 5.45. The van der Waals surface area contributed by atoms with Crippen LogP contribution in [0.1, 0.15) is 19.3 Å². The van der Waals surface area contributed by atoms with Crippen LogP contribution in [-0.2, 0) is 0 Å². The Morgan fingerprint density at radius 3 is 2.38 bits per heavy atom. The lowest BCUT2D eigenvalue weighted by Gasteiger charge is -2.26. The number of benzene rings is 1. The predicted molar refractivity (Wildman–Crippen MR) is 52.5 cm³/mol. The van der Waals surface area contributed by atoms with Gasteiger partial charge < -0.3 is 10.2 Å². The van der Waals surface area contributed by atoms with Crippen molar-refractivity contribution >= 4 is 5.69 Å². The SMILES string of the molecule is NNc1ccc(OC2CCC2)cc1. The van der Waals surface area contributed by atoms with E-state index >= 15 is 0 Å². The molecule has 70 valence electrons. The van der Waals surface area contributed by atoms with Gasteiger partial charge in [0.25, 0.3) is 0 Å². The number of nitrogens with one attached hydrogen (secondary N) is 1. The van der Waals surface area contributed by atoms with E-state index < -0.39 is 0 Å². The van der Waals surface area contributed by atoms with Gasteiger partial charge in [0.15, 0.2) is 0 Å². The fraction of sp³-hybridized carbons (Fsp3) is 0.400. The van der Waals surface area contributed by atoms with Crippen molar-refractivity contribution in [2.24, 2.45) is 5.84 Å². The molecule has 0 bridgehead atoms. The molecule has 2 rings (SSSR count). The molecule has 1 aliphatic carbocycles. The van der Waals surface area contributed by atoms with Gasteiger partial charge in [-0.15, -0.1) is 0 Å². The van der Waals surface area contributed by atoms with Gasteiger partial charge in [0.2, 0.25) is 0 Å². The third-order valence-electron chi connectivity index (χ3n) is 2.38. The Bertz CT molecular complexity index is 267. The normalized spacial score (nSPS) is 16.4. The lowest BCUT2D eigenvalue weighted by atomic mass is 9.96. The second kappa shape index (κ2) is 3.66. The number of rotatable bonds is 3. The third-order valence-corrected chi connectivity index (χ3v) is 2.38. The van der Waals surface area contributed by atoms with E-state index in [1.54, 1.807) is 0 Å². The molecular weight excluding hydrogens is 164 g/mol. The molecule has 0 heterocycles. The Morgan fingerprint density at radius 1 is 1.23 bits per heavy atom. The van der Waals surface area contributed by atoms with Crippen LogP contribution >= 0.6 is 0 Å². The lowest BCUT2D eigenvalue weighted by molar-refractivity contribution is 0.120. The van der Waals surface area contributed by atoms with Crippen LogP contribution in [0, 0.1) is 0 Å². The van der Waals surface area contributed by atoms with E-state index in [-0.39, 0.29) is 0 Å². The van der Waals surface area contributed by atoms with Crippen LogP contribution in [0.15, 0.2) is 24.3 Å². The summed E-state index contributed by atoms with van der Waals surface area (Å²) in [6.07, 6.45) is 4.12. The maximum absolute atomic E-state index is 5.68. The largest absolute Gasteiger partial charge is 0.490 e. The first-order valence-electron chi connectivity index (χ1n) is 4.62. The average molecular weight is 178 g/mol. The van der Waals surface area contributed by atoms with Crippen LogP contribution in [0.25, 0.3) is 0 Å². The Hall–Kier alpha value is -1.22. The Kier molecular flexibility index (Phi) is 2.36. The molecule has 1 aromatic rings. The molecule has 3 N–H and O–H groups in total. The molecule has 0 spiro atoms. The van der Waals surface area contributed by atoms with Gasteiger partial charge in [-0.3, -0.25) is 5.84 Å². The van der Waals surface area contributed by atoms with Crippen molar-refractivity contribution in [2.75, 3.05) is 5.43 Å². The molecule has 1 saturated carbocycles. The molecule has 0 saturated heterocycles. The molecule has 3 heteroatoms. The summed E-state index contributed by atoms with van der Waals surface area (Å²) >= 11 is 0. The van der Waals surface area contributed by atoms with Crippen molar-refractivity contribution in [3.05, 3.63) is 24.3 Å². The summed E-state index contributed by atoms with van der Waals surface area (Å²) in [5.41, 5.74) is 3.48. The molecule has 1 aromatic carbocycles. The first-order valence-corrected chi connectivity index (χ1v) is 4.62. The lowest BCUT2D eigenvalue weighted by Crippen LogP contribution is -2.24. The quantitative estimate of drug-likeness (QED) is 0.549. The maximum atomic E-state index is 5.68. The summed E-state index contributed by atoms with van der Waals surface area (Å²) in [4.78, 5) is 0. The van der Waals surface area contributed by atoms with E-state index in [2.05, 4.69) is 5.43 Å². The summed E-state index contributed by atoms with van der Waals surface area (Å²) < 4.78 is 5.68. The van der Waals surface area contributed by atoms with Gasteiger partial charge in [0.1, 0.15) is 5.75 Å². The monoisotopic (exact) mass is 178 g/mol. The molecule has 0 radical (unpaired) electrons. The molecule has 0 atom stereocenters. The van der Waals surface area contributed by atoms with Crippen LogP contribution in [0.3, 0.4) is 0 Å². The summed E-state index contributed by atoms with van der Waals surface area (Å²) in [6, 6.07) is 7.70. The molecule has 3 nitrogen and oxygen atoms in total. The summed E-state index contributed by atoms with van der Waals surface area (Å²) in [7, 11) is 0. The van der Waals surface area contributed by atoms with Crippen LogP contribution in [0.4, 0.5) is 5.69 Å². The average Bonchev–Trinajstić information content (AvgIpc) is 2.12. The van der Waals surface area contributed by atoms with Gasteiger partial charge in [-0.25, -0.2) is 0 Å². The standard InChI is InChI=1S/C10H14N2O/c11-12-8-4-6-10(7-5-8)13-9-2-1-3-9/h4-7,9,12H,1-3,11H2. The molecular formula is C10H14N2O. The molecule has 0 unspecified atom stereocenters. The minimum atomic E-state index is 0.441. The Labute approximate surface area is 77.9 Å². The first-order chi connectivity index (χ1) is 6.38.